The summed E-state index contributed by atoms with van der Waals surface area (Å²) in [7, 11) is 0. The Morgan fingerprint density at radius 3 is 2.80 bits per heavy atom. The molecule has 3 heteroatoms. The predicted molar refractivity (Wildman–Crippen MR) is 88.7 cm³/mol. The highest BCUT2D eigenvalue weighted by Gasteiger charge is 2.19. The summed E-state index contributed by atoms with van der Waals surface area (Å²) in [6.07, 6.45) is 1.15. The summed E-state index contributed by atoms with van der Waals surface area (Å²) < 4.78 is 0. The molecule has 2 aromatic carbocycles. The van der Waals surface area contributed by atoms with Gasteiger partial charge >= 0.3 is 0 Å². The second kappa shape index (κ2) is 5.80. The molecule has 0 aliphatic carbocycles. The van der Waals surface area contributed by atoms with Crippen LogP contribution >= 0.6 is 11.8 Å². The lowest BCUT2D eigenvalue weighted by Crippen LogP contribution is -2.23. The van der Waals surface area contributed by atoms with Gasteiger partial charge in [-0.2, -0.15) is 0 Å². The highest BCUT2D eigenvalue weighted by Crippen LogP contribution is 2.32. The molecule has 0 fully saturated rings. The number of aryl methyl sites for hydroxylation is 1. The first kappa shape index (κ1) is 13.4. The van der Waals surface area contributed by atoms with Gasteiger partial charge in [0.05, 0.1) is 0 Å². The average molecular weight is 284 g/mol. The highest BCUT2D eigenvalue weighted by molar-refractivity contribution is 7.99. The van der Waals surface area contributed by atoms with Crippen molar-refractivity contribution in [1.29, 1.82) is 0 Å². The summed E-state index contributed by atoms with van der Waals surface area (Å²) in [5, 5.41) is 0. The SMILES string of the molecule is Cc1cc2c(cc1N)N(CCSc1ccccc1)CC2. The van der Waals surface area contributed by atoms with Gasteiger partial charge in [0.1, 0.15) is 0 Å². The summed E-state index contributed by atoms with van der Waals surface area (Å²) >= 11 is 1.92. The Balaban J connectivity index is 1.62. The number of rotatable bonds is 4. The first-order valence-corrected chi connectivity index (χ1v) is 8.04. The second-order valence-corrected chi connectivity index (χ2v) is 6.40. The number of thioether (sulfide) groups is 1. The first-order chi connectivity index (χ1) is 9.74. The van der Waals surface area contributed by atoms with E-state index in [1.54, 1.807) is 0 Å². The van der Waals surface area contributed by atoms with E-state index in [1.165, 1.54) is 21.7 Å². The largest absolute Gasteiger partial charge is 0.398 e. The lowest BCUT2D eigenvalue weighted by molar-refractivity contribution is 0.874. The molecule has 0 amide bonds. The Morgan fingerprint density at radius 1 is 1.20 bits per heavy atom. The summed E-state index contributed by atoms with van der Waals surface area (Å²) in [4.78, 5) is 3.80. The Kier molecular flexibility index (Phi) is 3.88. The van der Waals surface area contributed by atoms with E-state index in [0.717, 1.165) is 31.0 Å². The second-order valence-electron chi connectivity index (χ2n) is 5.24. The smallest absolute Gasteiger partial charge is 0.0420 e. The van der Waals surface area contributed by atoms with Crippen LogP contribution in [0, 0.1) is 6.92 Å². The van der Waals surface area contributed by atoms with E-state index >= 15 is 0 Å². The molecule has 1 heterocycles. The van der Waals surface area contributed by atoms with Gasteiger partial charge in [0, 0.05) is 35.1 Å². The fourth-order valence-electron chi connectivity index (χ4n) is 2.67. The van der Waals surface area contributed by atoms with Crippen LogP contribution in [0.25, 0.3) is 0 Å². The molecule has 0 bridgehead atoms. The standard InChI is InChI=1S/C17H20N2S/c1-13-11-14-7-8-19(17(14)12-16(13)18)9-10-20-15-5-3-2-4-6-15/h2-6,11-12H,7-10,18H2,1H3. The molecule has 2 N–H and O–H groups in total. The molecule has 0 radical (unpaired) electrons. The number of anilines is 2. The van der Waals surface area contributed by atoms with Crippen LogP contribution in [0.15, 0.2) is 47.4 Å². The molecule has 0 saturated carbocycles. The Morgan fingerprint density at radius 2 is 2.00 bits per heavy atom. The summed E-state index contributed by atoms with van der Waals surface area (Å²) in [5.41, 5.74) is 10.9. The van der Waals surface area contributed by atoms with Crippen LogP contribution in [0.1, 0.15) is 11.1 Å². The van der Waals surface area contributed by atoms with E-state index in [2.05, 4.69) is 54.3 Å². The average Bonchev–Trinajstić information content (AvgIpc) is 2.83. The molecule has 0 saturated heterocycles. The molecule has 0 atom stereocenters. The quantitative estimate of drug-likeness (QED) is 0.685. The number of hydrogen-bond donors (Lipinski definition) is 1. The van der Waals surface area contributed by atoms with Crippen LogP contribution in [0.4, 0.5) is 11.4 Å². The molecular formula is C17H20N2S. The number of nitrogens with two attached hydrogens (primary N) is 1. The van der Waals surface area contributed by atoms with Gasteiger partial charge in [-0.05, 0) is 42.7 Å². The van der Waals surface area contributed by atoms with Crippen molar-refractivity contribution in [3.63, 3.8) is 0 Å². The Bertz CT molecular complexity index is 595. The molecule has 0 aromatic heterocycles. The lowest BCUT2D eigenvalue weighted by atomic mass is 10.1. The summed E-state index contributed by atoms with van der Waals surface area (Å²) in [6.45, 7) is 4.28. The minimum absolute atomic E-state index is 0.909. The van der Waals surface area contributed by atoms with Crippen LogP contribution in [-0.2, 0) is 6.42 Å². The number of benzene rings is 2. The molecule has 20 heavy (non-hydrogen) atoms. The van der Waals surface area contributed by atoms with Crippen LogP contribution in [-0.4, -0.2) is 18.8 Å². The topological polar surface area (TPSA) is 29.3 Å². The number of hydrogen-bond acceptors (Lipinski definition) is 3. The summed E-state index contributed by atoms with van der Waals surface area (Å²) in [6, 6.07) is 15.0. The van der Waals surface area contributed by atoms with Gasteiger partial charge in [-0.25, -0.2) is 0 Å². The van der Waals surface area contributed by atoms with Crippen molar-refractivity contribution in [2.45, 2.75) is 18.2 Å². The fourth-order valence-corrected chi connectivity index (χ4v) is 3.56. The first-order valence-electron chi connectivity index (χ1n) is 7.06. The normalized spacial score (nSPS) is 13.6. The third-order valence-electron chi connectivity index (χ3n) is 3.83. The van der Waals surface area contributed by atoms with Gasteiger partial charge in [0.2, 0.25) is 0 Å². The molecular weight excluding hydrogens is 264 g/mol. The van der Waals surface area contributed by atoms with E-state index in [1.807, 2.05) is 11.8 Å². The molecule has 2 nitrogen and oxygen atoms in total. The molecule has 104 valence electrons. The van der Waals surface area contributed by atoms with Gasteiger partial charge in [0.15, 0.2) is 0 Å². The zero-order valence-corrected chi connectivity index (χ0v) is 12.6. The Hall–Kier alpha value is -1.61. The van der Waals surface area contributed by atoms with E-state index in [-0.39, 0.29) is 0 Å². The lowest BCUT2D eigenvalue weighted by Gasteiger charge is -2.19. The van der Waals surface area contributed by atoms with Gasteiger partial charge in [0.25, 0.3) is 0 Å². The maximum atomic E-state index is 6.04. The zero-order valence-electron chi connectivity index (χ0n) is 11.8. The van der Waals surface area contributed by atoms with Crippen molar-refractivity contribution in [2.75, 3.05) is 29.5 Å². The third kappa shape index (κ3) is 2.78. The van der Waals surface area contributed by atoms with E-state index in [4.69, 9.17) is 5.73 Å². The minimum Gasteiger partial charge on any atom is -0.398 e. The molecule has 1 aliphatic heterocycles. The molecule has 3 rings (SSSR count). The van der Waals surface area contributed by atoms with Crippen molar-refractivity contribution in [3.8, 4) is 0 Å². The van der Waals surface area contributed by atoms with Crippen molar-refractivity contribution in [1.82, 2.24) is 0 Å². The predicted octanol–water partition coefficient (Wildman–Crippen LogP) is 3.73. The number of fused-ring (bicyclic) bond motifs is 1. The maximum Gasteiger partial charge on any atom is 0.0420 e. The van der Waals surface area contributed by atoms with E-state index in [9.17, 15) is 0 Å². The van der Waals surface area contributed by atoms with E-state index in [0.29, 0.717) is 0 Å². The van der Waals surface area contributed by atoms with Crippen molar-refractivity contribution < 1.29 is 0 Å². The number of nitrogen functional groups attached to an aromatic ring is 1. The Labute approximate surface area is 125 Å². The third-order valence-corrected chi connectivity index (χ3v) is 4.82. The van der Waals surface area contributed by atoms with Crippen molar-refractivity contribution >= 4 is 23.1 Å². The van der Waals surface area contributed by atoms with Crippen LogP contribution < -0.4 is 10.6 Å². The monoisotopic (exact) mass is 284 g/mol. The van der Waals surface area contributed by atoms with Crippen LogP contribution in [0.5, 0.6) is 0 Å². The minimum atomic E-state index is 0.909. The fraction of sp³-hybridized carbons (Fsp3) is 0.294. The van der Waals surface area contributed by atoms with Crippen LogP contribution in [0.3, 0.4) is 0 Å². The van der Waals surface area contributed by atoms with Gasteiger partial charge < -0.3 is 10.6 Å². The van der Waals surface area contributed by atoms with Crippen molar-refractivity contribution in [2.24, 2.45) is 0 Å². The zero-order chi connectivity index (χ0) is 13.9. The highest BCUT2D eigenvalue weighted by atomic mass is 32.2. The molecule has 2 aromatic rings. The molecule has 0 spiro atoms. The van der Waals surface area contributed by atoms with Gasteiger partial charge in [-0.15, -0.1) is 11.8 Å². The molecule has 0 unspecified atom stereocenters. The van der Waals surface area contributed by atoms with Crippen LogP contribution in [0.2, 0.25) is 0 Å². The number of nitrogens with zero attached hydrogens (tertiary/aromatic N) is 1. The van der Waals surface area contributed by atoms with Crippen molar-refractivity contribution in [3.05, 3.63) is 53.6 Å². The molecule has 1 aliphatic rings. The van der Waals surface area contributed by atoms with Gasteiger partial charge in [-0.1, -0.05) is 24.3 Å². The van der Waals surface area contributed by atoms with Gasteiger partial charge in [-0.3, -0.25) is 0 Å². The maximum absolute atomic E-state index is 6.04. The summed E-state index contributed by atoms with van der Waals surface area (Å²) in [5.74, 6) is 1.11. The van der Waals surface area contributed by atoms with E-state index < -0.39 is 0 Å².